The maximum Gasteiger partial charge on any atom is 0.186 e. The predicted molar refractivity (Wildman–Crippen MR) is 109 cm³/mol. The van der Waals surface area contributed by atoms with E-state index in [1.54, 1.807) is 32.0 Å². The van der Waals surface area contributed by atoms with Gasteiger partial charge < -0.3 is 16.4 Å². The van der Waals surface area contributed by atoms with E-state index in [1.165, 1.54) is 6.07 Å². The molecule has 3 rings (SSSR count). The number of rotatable bonds is 5. The van der Waals surface area contributed by atoms with Gasteiger partial charge in [-0.15, -0.1) is 0 Å². The van der Waals surface area contributed by atoms with Crippen LogP contribution in [-0.2, 0) is 9.84 Å². The van der Waals surface area contributed by atoms with Gasteiger partial charge in [-0.25, -0.2) is 17.8 Å². The number of halogens is 1. The predicted octanol–water partition coefficient (Wildman–Crippen LogP) is 2.22. The second kappa shape index (κ2) is 7.81. The van der Waals surface area contributed by atoms with Crippen LogP contribution in [0.2, 0.25) is 0 Å². The van der Waals surface area contributed by atoms with E-state index < -0.39 is 26.7 Å². The second-order valence-electron chi connectivity index (χ2n) is 7.76. The quantitative estimate of drug-likeness (QED) is 0.591. The van der Waals surface area contributed by atoms with E-state index in [0.717, 1.165) is 31.9 Å². The fourth-order valence-corrected chi connectivity index (χ4v) is 4.79. The third-order valence-corrected chi connectivity index (χ3v) is 7.63. The zero-order valence-electron chi connectivity index (χ0n) is 16.2. The summed E-state index contributed by atoms with van der Waals surface area (Å²) in [6, 6.07) is 6.59. The molecule has 7 nitrogen and oxygen atoms in total. The normalized spacial score (nSPS) is 28.4. The van der Waals surface area contributed by atoms with Crippen molar-refractivity contribution in [3.63, 3.8) is 0 Å². The first kappa shape index (κ1) is 20.8. The zero-order chi connectivity index (χ0) is 20.5. The highest BCUT2D eigenvalue weighted by atomic mass is 32.2. The van der Waals surface area contributed by atoms with E-state index in [1.807, 2.05) is 0 Å². The minimum Gasteiger partial charge on any atom is -0.338 e. The number of hydrogen-bond donors (Lipinski definition) is 4. The Bertz CT molecular complexity index is 891. The Balaban J connectivity index is 1.86. The molecule has 0 bridgehead atoms. The second-order valence-corrected chi connectivity index (χ2v) is 10.2. The SMILES string of the molecule is CC(C)S(=O)(=O)c1ccccc1NC1=C(F)C=NC(N)(C2CCC(N)CC2)N1. The van der Waals surface area contributed by atoms with Gasteiger partial charge in [0.1, 0.15) is 5.82 Å². The van der Waals surface area contributed by atoms with Crippen LogP contribution < -0.4 is 22.1 Å². The molecule has 1 aromatic carbocycles. The van der Waals surface area contributed by atoms with Crippen LogP contribution in [-0.4, -0.2) is 31.7 Å². The Morgan fingerprint density at radius 1 is 1.25 bits per heavy atom. The average molecular weight is 410 g/mol. The molecule has 6 N–H and O–H groups in total. The lowest BCUT2D eigenvalue weighted by molar-refractivity contribution is 0.174. The molecule has 0 aromatic heterocycles. The van der Waals surface area contributed by atoms with Gasteiger partial charge in [0.2, 0.25) is 0 Å². The maximum absolute atomic E-state index is 14.5. The molecule has 0 amide bonds. The number of benzene rings is 1. The lowest BCUT2D eigenvalue weighted by Crippen LogP contribution is -2.60. The van der Waals surface area contributed by atoms with Crippen LogP contribution in [0.15, 0.2) is 45.8 Å². The van der Waals surface area contributed by atoms with Gasteiger partial charge in [-0.05, 0) is 51.7 Å². The van der Waals surface area contributed by atoms with Crippen molar-refractivity contribution in [1.82, 2.24) is 5.32 Å². The van der Waals surface area contributed by atoms with Gasteiger partial charge in [0.05, 0.1) is 22.0 Å². The van der Waals surface area contributed by atoms with Gasteiger partial charge in [-0.1, -0.05) is 12.1 Å². The summed E-state index contributed by atoms with van der Waals surface area (Å²) in [5.74, 6) is -1.78. The molecule has 1 atom stereocenters. The van der Waals surface area contributed by atoms with Gasteiger partial charge >= 0.3 is 0 Å². The Labute approximate surface area is 165 Å². The fourth-order valence-electron chi connectivity index (χ4n) is 3.58. The van der Waals surface area contributed by atoms with Crippen molar-refractivity contribution in [3.8, 4) is 0 Å². The summed E-state index contributed by atoms with van der Waals surface area (Å²) >= 11 is 0. The topological polar surface area (TPSA) is 123 Å². The van der Waals surface area contributed by atoms with Crippen LogP contribution >= 0.6 is 0 Å². The molecule has 1 saturated carbocycles. The van der Waals surface area contributed by atoms with Crippen molar-refractivity contribution in [3.05, 3.63) is 35.9 Å². The molecule has 1 unspecified atom stereocenters. The highest BCUT2D eigenvalue weighted by Crippen LogP contribution is 2.33. The van der Waals surface area contributed by atoms with Crippen LogP contribution in [0.3, 0.4) is 0 Å². The Morgan fingerprint density at radius 3 is 2.54 bits per heavy atom. The number of para-hydroxylation sites is 1. The van der Waals surface area contributed by atoms with E-state index in [2.05, 4.69) is 15.6 Å². The zero-order valence-corrected chi connectivity index (χ0v) is 17.0. The first-order chi connectivity index (χ1) is 13.1. The number of aliphatic imine (C=N–C) groups is 1. The molecule has 1 aliphatic heterocycles. The molecule has 1 fully saturated rings. The molecule has 2 aliphatic rings. The van der Waals surface area contributed by atoms with Crippen LogP contribution in [0.25, 0.3) is 0 Å². The van der Waals surface area contributed by atoms with E-state index >= 15 is 0 Å². The van der Waals surface area contributed by atoms with Gasteiger partial charge in [-0.2, -0.15) is 0 Å². The molecule has 1 aliphatic carbocycles. The standard InChI is InChI=1S/C19H28FN5O2S/c1-12(2)28(26,27)17-6-4-3-5-16(17)24-18-15(20)11-23-19(22,25-18)13-7-9-14(21)10-8-13/h3-6,11-14,24-25H,7-10,21-22H2,1-2H3. The molecular formula is C19H28FN5O2S. The summed E-state index contributed by atoms with van der Waals surface area (Å²) in [6.07, 6.45) is 4.34. The lowest BCUT2D eigenvalue weighted by atomic mass is 9.82. The fraction of sp³-hybridized carbons (Fsp3) is 0.526. The van der Waals surface area contributed by atoms with Gasteiger partial charge in [0, 0.05) is 12.0 Å². The van der Waals surface area contributed by atoms with E-state index in [9.17, 15) is 12.8 Å². The van der Waals surface area contributed by atoms with Crippen LogP contribution in [0, 0.1) is 5.92 Å². The molecule has 0 radical (unpaired) electrons. The highest BCUT2D eigenvalue weighted by Gasteiger charge is 2.39. The molecule has 0 saturated heterocycles. The Hall–Kier alpha value is -1.97. The minimum atomic E-state index is -3.55. The van der Waals surface area contributed by atoms with Gasteiger partial charge in [0.15, 0.2) is 21.5 Å². The van der Waals surface area contributed by atoms with Crippen molar-refractivity contribution in [2.45, 2.75) is 61.5 Å². The van der Waals surface area contributed by atoms with Gasteiger partial charge in [0.25, 0.3) is 0 Å². The minimum absolute atomic E-state index is 0.00286. The summed E-state index contributed by atoms with van der Waals surface area (Å²) in [7, 11) is -3.55. The smallest absolute Gasteiger partial charge is 0.186 e. The Morgan fingerprint density at radius 2 is 1.89 bits per heavy atom. The van der Waals surface area contributed by atoms with Crippen LogP contribution in [0.1, 0.15) is 39.5 Å². The number of nitrogens with one attached hydrogen (secondary N) is 2. The number of sulfone groups is 1. The summed E-state index contributed by atoms with van der Waals surface area (Å²) in [5.41, 5.74) is 12.7. The van der Waals surface area contributed by atoms with E-state index in [-0.39, 0.29) is 28.4 Å². The number of allylic oxidation sites excluding steroid dienone is 1. The lowest BCUT2D eigenvalue weighted by Gasteiger charge is -2.41. The number of hydrogen-bond acceptors (Lipinski definition) is 7. The summed E-state index contributed by atoms with van der Waals surface area (Å²) in [5, 5.41) is 5.24. The molecular weight excluding hydrogens is 381 g/mol. The van der Waals surface area contributed by atoms with Crippen LogP contribution in [0.5, 0.6) is 0 Å². The van der Waals surface area contributed by atoms with Crippen molar-refractivity contribution >= 4 is 21.7 Å². The largest absolute Gasteiger partial charge is 0.338 e. The third kappa shape index (κ3) is 4.06. The third-order valence-electron chi connectivity index (χ3n) is 5.42. The summed E-state index contributed by atoms with van der Waals surface area (Å²) < 4.78 is 39.8. The van der Waals surface area contributed by atoms with Crippen molar-refractivity contribution < 1.29 is 12.8 Å². The summed E-state index contributed by atoms with van der Waals surface area (Å²) in [6.45, 7) is 3.21. The average Bonchev–Trinajstić information content (AvgIpc) is 2.65. The van der Waals surface area contributed by atoms with Gasteiger partial charge in [-0.3, -0.25) is 5.73 Å². The maximum atomic E-state index is 14.5. The van der Waals surface area contributed by atoms with Crippen molar-refractivity contribution in [1.29, 1.82) is 0 Å². The molecule has 9 heteroatoms. The number of nitrogens with two attached hydrogens (primary N) is 2. The molecule has 154 valence electrons. The highest BCUT2D eigenvalue weighted by molar-refractivity contribution is 7.92. The van der Waals surface area contributed by atoms with Crippen LogP contribution in [0.4, 0.5) is 10.1 Å². The Kier molecular flexibility index (Phi) is 5.79. The number of anilines is 1. The van der Waals surface area contributed by atoms with E-state index in [0.29, 0.717) is 0 Å². The first-order valence-electron chi connectivity index (χ1n) is 9.51. The molecule has 1 heterocycles. The van der Waals surface area contributed by atoms with Crippen molar-refractivity contribution in [2.75, 3.05) is 5.32 Å². The molecule has 28 heavy (non-hydrogen) atoms. The molecule has 0 spiro atoms. The summed E-state index contributed by atoms with van der Waals surface area (Å²) in [4.78, 5) is 4.30. The molecule has 1 aromatic rings. The number of nitrogens with zero attached hydrogens (tertiary/aromatic N) is 1. The first-order valence-corrected chi connectivity index (χ1v) is 11.1. The monoisotopic (exact) mass is 409 g/mol. The van der Waals surface area contributed by atoms with Crippen molar-refractivity contribution in [2.24, 2.45) is 22.4 Å². The van der Waals surface area contributed by atoms with E-state index in [4.69, 9.17) is 11.5 Å².